The molecule has 1 aromatic carbocycles. The molecule has 0 aromatic heterocycles. The zero-order valence-electron chi connectivity index (χ0n) is 12.8. The minimum Gasteiger partial charge on any atom is -0.496 e. The predicted molar refractivity (Wildman–Crippen MR) is 83.3 cm³/mol. The minimum atomic E-state index is -0.315. The molecule has 1 fully saturated rings. The number of methoxy groups -OCH3 is 1. The summed E-state index contributed by atoms with van der Waals surface area (Å²) in [6.07, 6.45) is 2.87. The first-order chi connectivity index (χ1) is 10.2. The number of carbonyl (C=O) groups excluding carboxylic acids is 1. The number of carbonyl (C=O) groups is 1. The molecular formula is C16H25N3O2. The van der Waals surface area contributed by atoms with Crippen LogP contribution in [-0.4, -0.2) is 37.2 Å². The van der Waals surface area contributed by atoms with Gasteiger partial charge in [0.15, 0.2) is 0 Å². The molecule has 1 aromatic rings. The molecule has 2 rings (SSSR count). The van der Waals surface area contributed by atoms with E-state index in [0.29, 0.717) is 6.04 Å². The van der Waals surface area contributed by atoms with Crippen molar-refractivity contribution in [3.8, 4) is 5.75 Å². The van der Waals surface area contributed by atoms with Gasteiger partial charge in [-0.2, -0.15) is 0 Å². The van der Waals surface area contributed by atoms with Crippen LogP contribution in [0.2, 0.25) is 0 Å². The second-order valence-corrected chi connectivity index (χ2v) is 5.47. The summed E-state index contributed by atoms with van der Waals surface area (Å²) >= 11 is 0. The summed E-state index contributed by atoms with van der Waals surface area (Å²) < 4.78 is 5.46. The Hall–Kier alpha value is -1.75. The fourth-order valence-electron chi connectivity index (χ4n) is 2.93. The molecule has 3 N–H and O–H groups in total. The number of amides is 2. The Labute approximate surface area is 126 Å². The average Bonchev–Trinajstić information content (AvgIpc) is 2.53. The lowest BCUT2D eigenvalue weighted by atomic mass is 9.99. The predicted octanol–water partition coefficient (Wildman–Crippen LogP) is 2.28. The second-order valence-electron chi connectivity index (χ2n) is 5.47. The number of nitrogens with two attached hydrogens (primary N) is 1. The molecule has 1 unspecified atom stereocenters. The van der Waals surface area contributed by atoms with Crippen molar-refractivity contribution >= 4 is 6.03 Å². The number of hydrogen-bond acceptors (Lipinski definition) is 3. The summed E-state index contributed by atoms with van der Waals surface area (Å²) in [4.78, 5) is 12.9. The van der Waals surface area contributed by atoms with E-state index < -0.39 is 0 Å². The topological polar surface area (TPSA) is 67.6 Å². The molecule has 0 aliphatic carbocycles. The number of rotatable bonds is 5. The van der Waals surface area contributed by atoms with E-state index >= 15 is 0 Å². The van der Waals surface area contributed by atoms with E-state index in [9.17, 15) is 4.79 Å². The summed E-state index contributed by atoms with van der Waals surface area (Å²) in [5.74, 6) is 0.923. The van der Waals surface area contributed by atoms with Gasteiger partial charge in [0.05, 0.1) is 7.11 Å². The van der Waals surface area contributed by atoms with E-state index in [1.807, 2.05) is 18.2 Å². The van der Waals surface area contributed by atoms with Crippen molar-refractivity contribution in [3.05, 3.63) is 29.8 Å². The lowest BCUT2D eigenvalue weighted by Gasteiger charge is -2.34. The standard InChI is InChI=1S/C16H25N3O2/c1-3-14(13-6-4-5-7-15(13)21-2)18-12-8-10-19(11-9-12)16(17)20/h4-7,12,14,18H,3,8-11H2,1-2H3,(H2,17,20). The number of hydrogen-bond donors (Lipinski definition) is 2. The van der Waals surface area contributed by atoms with Gasteiger partial charge in [0.1, 0.15) is 5.75 Å². The molecule has 1 saturated heterocycles. The van der Waals surface area contributed by atoms with Gasteiger partial charge in [0.2, 0.25) is 0 Å². The third-order valence-electron chi connectivity index (χ3n) is 4.17. The molecule has 1 aliphatic heterocycles. The van der Waals surface area contributed by atoms with E-state index in [4.69, 9.17) is 10.5 Å². The Kier molecular flexibility index (Phi) is 5.44. The fourth-order valence-corrected chi connectivity index (χ4v) is 2.93. The maximum atomic E-state index is 11.2. The van der Waals surface area contributed by atoms with Crippen LogP contribution in [0.3, 0.4) is 0 Å². The van der Waals surface area contributed by atoms with Gasteiger partial charge in [-0.15, -0.1) is 0 Å². The number of benzene rings is 1. The van der Waals surface area contributed by atoms with Crippen molar-refractivity contribution in [3.63, 3.8) is 0 Å². The van der Waals surface area contributed by atoms with Crippen LogP contribution < -0.4 is 15.8 Å². The van der Waals surface area contributed by atoms with Crippen LogP contribution in [0.4, 0.5) is 4.79 Å². The van der Waals surface area contributed by atoms with Crippen molar-refractivity contribution < 1.29 is 9.53 Å². The molecule has 5 nitrogen and oxygen atoms in total. The first-order valence-electron chi connectivity index (χ1n) is 7.59. The van der Waals surface area contributed by atoms with Gasteiger partial charge in [-0.25, -0.2) is 4.79 Å². The highest BCUT2D eigenvalue weighted by atomic mass is 16.5. The normalized spacial score (nSPS) is 17.5. The molecule has 0 bridgehead atoms. The third-order valence-corrected chi connectivity index (χ3v) is 4.17. The molecule has 2 amide bonds. The number of para-hydroxylation sites is 1. The first-order valence-corrected chi connectivity index (χ1v) is 7.59. The molecule has 21 heavy (non-hydrogen) atoms. The smallest absolute Gasteiger partial charge is 0.314 e. The monoisotopic (exact) mass is 291 g/mol. The zero-order valence-corrected chi connectivity index (χ0v) is 12.8. The molecule has 5 heteroatoms. The molecule has 0 radical (unpaired) electrons. The highest BCUT2D eigenvalue weighted by Crippen LogP contribution is 2.28. The quantitative estimate of drug-likeness (QED) is 0.874. The van der Waals surface area contributed by atoms with E-state index in [0.717, 1.165) is 38.1 Å². The summed E-state index contributed by atoms with van der Waals surface area (Å²) in [7, 11) is 1.71. The number of urea groups is 1. The maximum Gasteiger partial charge on any atom is 0.314 e. The van der Waals surface area contributed by atoms with Crippen molar-refractivity contribution in [2.24, 2.45) is 5.73 Å². The molecular weight excluding hydrogens is 266 g/mol. The Morgan fingerprint density at radius 1 is 1.43 bits per heavy atom. The number of primary amides is 1. The number of nitrogens with zero attached hydrogens (tertiary/aromatic N) is 1. The van der Waals surface area contributed by atoms with Crippen LogP contribution in [-0.2, 0) is 0 Å². The summed E-state index contributed by atoms with van der Waals surface area (Å²) in [6, 6.07) is 8.50. The van der Waals surface area contributed by atoms with Crippen LogP contribution in [0.25, 0.3) is 0 Å². The van der Waals surface area contributed by atoms with Gasteiger partial charge < -0.3 is 20.7 Å². The summed E-state index contributed by atoms with van der Waals surface area (Å²) in [5, 5.41) is 3.70. The molecule has 1 aliphatic rings. The third kappa shape index (κ3) is 3.88. The van der Waals surface area contributed by atoms with E-state index in [2.05, 4.69) is 18.3 Å². The van der Waals surface area contributed by atoms with Gasteiger partial charge in [-0.1, -0.05) is 25.1 Å². The lowest BCUT2D eigenvalue weighted by Crippen LogP contribution is -2.47. The van der Waals surface area contributed by atoms with Crippen molar-refractivity contribution in [2.75, 3.05) is 20.2 Å². The van der Waals surface area contributed by atoms with Crippen LogP contribution >= 0.6 is 0 Å². The summed E-state index contributed by atoms with van der Waals surface area (Å²) in [5.41, 5.74) is 6.51. The highest BCUT2D eigenvalue weighted by Gasteiger charge is 2.24. The van der Waals surface area contributed by atoms with Gasteiger partial charge in [-0.3, -0.25) is 0 Å². The van der Waals surface area contributed by atoms with Crippen LogP contribution in [0, 0.1) is 0 Å². The molecule has 0 spiro atoms. The van der Waals surface area contributed by atoms with Gasteiger partial charge >= 0.3 is 6.03 Å². The first kappa shape index (κ1) is 15.6. The highest BCUT2D eigenvalue weighted by molar-refractivity contribution is 5.72. The largest absolute Gasteiger partial charge is 0.496 e. The SMILES string of the molecule is CCC(NC1CCN(C(N)=O)CC1)c1ccccc1OC. The van der Waals surface area contributed by atoms with E-state index in [1.165, 1.54) is 5.56 Å². The molecule has 1 heterocycles. The Morgan fingerprint density at radius 2 is 2.10 bits per heavy atom. The minimum absolute atomic E-state index is 0.270. The Bertz CT molecular complexity index is 470. The average molecular weight is 291 g/mol. The number of nitrogens with one attached hydrogen (secondary N) is 1. The van der Waals surface area contributed by atoms with Crippen LogP contribution in [0.5, 0.6) is 5.75 Å². The van der Waals surface area contributed by atoms with Crippen molar-refractivity contribution in [1.29, 1.82) is 0 Å². The fraction of sp³-hybridized carbons (Fsp3) is 0.562. The van der Waals surface area contributed by atoms with Gasteiger partial charge in [-0.05, 0) is 25.3 Å². The number of piperidine rings is 1. The van der Waals surface area contributed by atoms with Crippen LogP contribution in [0.15, 0.2) is 24.3 Å². The summed E-state index contributed by atoms with van der Waals surface area (Å²) in [6.45, 7) is 3.63. The van der Waals surface area contributed by atoms with Gasteiger partial charge in [0, 0.05) is 30.7 Å². The number of ether oxygens (including phenoxy) is 1. The molecule has 116 valence electrons. The zero-order chi connectivity index (χ0) is 15.2. The number of likely N-dealkylation sites (tertiary alicyclic amines) is 1. The Balaban J connectivity index is 1.99. The van der Waals surface area contributed by atoms with Crippen molar-refractivity contribution in [1.82, 2.24) is 10.2 Å². The van der Waals surface area contributed by atoms with Gasteiger partial charge in [0.25, 0.3) is 0 Å². The lowest BCUT2D eigenvalue weighted by molar-refractivity contribution is 0.182. The van der Waals surface area contributed by atoms with E-state index in [1.54, 1.807) is 12.0 Å². The van der Waals surface area contributed by atoms with Crippen molar-refractivity contribution in [2.45, 2.75) is 38.3 Å². The van der Waals surface area contributed by atoms with E-state index in [-0.39, 0.29) is 12.1 Å². The maximum absolute atomic E-state index is 11.2. The Morgan fingerprint density at radius 3 is 2.67 bits per heavy atom. The second kappa shape index (κ2) is 7.31. The van der Waals surface area contributed by atoms with Crippen LogP contribution in [0.1, 0.15) is 37.8 Å². The molecule has 1 atom stereocenters. The molecule has 0 saturated carbocycles.